The van der Waals surface area contributed by atoms with Crippen LogP contribution in [-0.2, 0) is 0 Å². The fourth-order valence-corrected chi connectivity index (χ4v) is 1.24. The van der Waals surface area contributed by atoms with E-state index < -0.39 is 0 Å². The molecule has 1 unspecified atom stereocenters. The maximum absolute atomic E-state index is 11.8. The summed E-state index contributed by atoms with van der Waals surface area (Å²) in [6, 6.07) is 5.58. The third-order valence-corrected chi connectivity index (χ3v) is 2.33. The molecule has 0 saturated carbocycles. The predicted molar refractivity (Wildman–Crippen MR) is 65.6 cm³/mol. The van der Waals surface area contributed by atoms with E-state index in [9.17, 15) is 4.79 Å². The van der Waals surface area contributed by atoms with Crippen molar-refractivity contribution in [2.24, 2.45) is 0 Å². The summed E-state index contributed by atoms with van der Waals surface area (Å²) < 4.78 is 0. The molecule has 1 rings (SSSR count). The van der Waals surface area contributed by atoms with Crippen LogP contribution in [0.2, 0.25) is 0 Å². The molecule has 1 aromatic heterocycles. The monoisotopic (exact) mass is 221 g/mol. The lowest BCUT2D eigenvalue weighted by molar-refractivity contribution is 0.0934. The minimum atomic E-state index is -0.117. The van der Waals surface area contributed by atoms with Crippen LogP contribution in [0.1, 0.15) is 37.7 Å². The number of anilines is 1. The number of rotatable bonds is 5. The fourth-order valence-electron chi connectivity index (χ4n) is 1.24. The lowest BCUT2D eigenvalue weighted by Gasteiger charge is -2.11. The molecule has 4 nitrogen and oxygen atoms in total. The Morgan fingerprint density at radius 2 is 2.19 bits per heavy atom. The van der Waals surface area contributed by atoms with Gasteiger partial charge in [-0.2, -0.15) is 0 Å². The van der Waals surface area contributed by atoms with E-state index in [1.54, 1.807) is 6.07 Å². The maximum Gasteiger partial charge on any atom is 0.270 e. The van der Waals surface area contributed by atoms with Gasteiger partial charge in [0, 0.05) is 12.6 Å². The minimum Gasteiger partial charge on any atom is -0.370 e. The number of carbonyl (C=O) groups excluding carboxylic acids is 1. The Morgan fingerprint density at radius 3 is 2.81 bits per heavy atom. The maximum atomic E-state index is 11.8. The van der Waals surface area contributed by atoms with Crippen molar-refractivity contribution in [1.82, 2.24) is 10.3 Å². The highest BCUT2D eigenvalue weighted by molar-refractivity contribution is 5.92. The molecule has 2 N–H and O–H groups in total. The number of amides is 1. The summed E-state index contributed by atoms with van der Waals surface area (Å²) in [5.41, 5.74) is 0.457. The Hall–Kier alpha value is -1.58. The number of hydrogen-bond donors (Lipinski definition) is 2. The van der Waals surface area contributed by atoms with Gasteiger partial charge >= 0.3 is 0 Å². The summed E-state index contributed by atoms with van der Waals surface area (Å²) in [5, 5.41) is 5.96. The summed E-state index contributed by atoms with van der Waals surface area (Å²) in [6.07, 6.45) is 0.915. The molecule has 0 aromatic carbocycles. The normalized spacial score (nSPS) is 11.9. The Balaban J connectivity index is 2.71. The van der Waals surface area contributed by atoms with E-state index in [-0.39, 0.29) is 11.9 Å². The standard InChI is InChI=1S/C12H19N3O/c1-4-9(3)14-12(16)10-7-6-8-11(15-10)13-5-2/h6-9H,4-5H2,1-3H3,(H,13,15)(H,14,16). The number of nitrogens with one attached hydrogen (secondary N) is 2. The SMILES string of the molecule is CCNc1cccc(C(=O)NC(C)CC)n1. The Bertz CT molecular complexity index is 352. The summed E-state index contributed by atoms with van der Waals surface area (Å²) in [4.78, 5) is 16.0. The van der Waals surface area contributed by atoms with Gasteiger partial charge in [-0.25, -0.2) is 4.98 Å². The average Bonchev–Trinajstić information content (AvgIpc) is 2.29. The zero-order valence-corrected chi connectivity index (χ0v) is 10.1. The van der Waals surface area contributed by atoms with Crippen LogP contribution in [0.3, 0.4) is 0 Å². The number of aromatic nitrogens is 1. The lowest BCUT2D eigenvalue weighted by atomic mass is 10.2. The van der Waals surface area contributed by atoms with Crippen molar-refractivity contribution < 1.29 is 4.79 Å². The first kappa shape index (κ1) is 12.5. The Kier molecular flexibility index (Phi) is 4.76. The van der Waals surface area contributed by atoms with Crippen molar-refractivity contribution in [3.8, 4) is 0 Å². The van der Waals surface area contributed by atoms with Gasteiger partial charge in [0.15, 0.2) is 0 Å². The summed E-state index contributed by atoms with van der Waals surface area (Å²) in [5.74, 6) is 0.619. The molecule has 1 aromatic rings. The fraction of sp³-hybridized carbons (Fsp3) is 0.500. The quantitative estimate of drug-likeness (QED) is 0.800. The van der Waals surface area contributed by atoms with Gasteiger partial charge in [-0.05, 0) is 32.4 Å². The molecule has 4 heteroatoms. The number of hydrogen-bond acceptors (Lipinski definition) is 3. The second-order valence-electron chi connectivity index (χ2n) is 3.72. The van der Waals surface area contributed by atoms with Gasteiger partial charge < -0.3 is 10.6 Å². The van der Waals surface area contributed by atoms with Gasteiger partial charge in [0.1, 0.15) is 11.5 Å². The van der Waals surface area contributed by atoms with Crippen molar-refractivity contribution in [3.63, 3.8) is 0 Å². The molecule has 0 fully saturated rings. The van der Waals surface area contributed by atoms with E-state index in [4.69, 9.17) is 0 Å². The Labute approximate surface area is 96.5 Å². The van der Waals surface area contributed by atoms with Crippen LogP contribution in [0.15, 0.2) is 18.2 Å². The molecule has 1 heterocycles. The van der Waals surface area contributed by atoms with E-state index in [1.807, 2.05) is 32.9 Å². The molecule has 0 saturated heterocycles. The first-order valence-corrected chi connectivity index (χ1v) is 5.69. The average molecular weight is 221 g/mol. The predicted octanol–water partition coefficient (Wildman–Crippen LogP) is 2.04. The second-order valence-corrected chi connectivity index (χ2v) is 3.72. The molecular weight excluding hydrogens is 202 g/mol. The largest absolute Gasteiger partial charge is 0.370 e. The minimum absolute atomic E-state index is 0.117. The zero-order chi connectivity index (χ0) is 12.0. The highest BCUT2D eigenvalue weighted by Gasteiger charge is 2.09. The smallest absolute Gasteiger partial charge is 0.270 e. The molecule has 0 aliphatic heterocycles. The number of carbonyl (C=O) groups is 1. The van der Waals surface area contributed by atoms with Crippen molar-refractivity contribution in [2.75, 3.05) is 11.9 Å². The van der Waals surface area contributed by atoms with Gasteiger partial charge in [0.25, 0.3) is 5.91 Å². The molecule has 1 atom stereocenters. The van der Waals surface area contributed by atoms with Crippen molar-refractivity contribution in [1.29, 1.82) is 0 Å². The lowest BCUT2D eigenvalue weighted by Crippen LogP contribution is -2.32. The number of pyridine rings is 1. The van der Waals surface area contributed by atoms with E-state index in [2.05, 4.69) is 15.6 Å². The highest BCUT2D eigenvalue weighted by atomic mass is 16.1. The molecule has 0 bridgehead atoms. The van der Waals surface area contributed by atoms with Gasteiger partial charge in [0.05, 0.1) is 0 Å². The molecule has 0 aliphatic rings. The third kappa shape index (κ3) is 3.53. The molecule has 16 heavy (non-hydrogen) atoms. The summed E-state index contributed by atoms with van der Waals surface area (Å²) in [7, 11) is 0. The zero-order valence-electron chi connectivity index (χ0n) is 10.1. The highest BCUT2D eigenvalue weighted by Crippen LogP contribution is 2.04. The van der Waals surface area contributed by atoms with E-state index in [0.717, 1.165) is 18.8 Å². The van der Waals surface area contributed by atoms with Gasteiger partial charge in [-0.3, -0.25) is 4.79 Å². The number of nitrogens with zero attached hydrogens (tertiary/aromatic N) is 1. The van der Waals surface area contributed by atoms with Gasteiger partial charge in [-0.1, -0.05) is 13.0 Å². The molecule has 88 valence electrons. The van der Waals surface area contributed by atoms with Crippen molar-refractivity contribution >= 4 is 11.7 Å². The van der Waals surface area contributed by atoms with Crippen molar-refractivity contribution in [3.05, 3.63) is 23.9 Å². The topological polar surface area (TPSA) is 54.0 Å². The van der Waals surface area contributed by atoms with E-state index in [0.29, 0.717) is 5.69 Å². The van der Waals surface area contributed by atoms with Gasteiger partial charge in [0.2, 0.25) is 0 Å². The Morgan fingerprint density at radius 1 is 1.44 bits per heavy atom. The molecule has 0 radical (unpaired) electrons. The van der Waals surface area contributed by atoms with Crippen LogP contribution < -0.4 is 10.6 Å². The molecular formula is C12H19N3O. The van der Waals surface area contributed by atoms with Crippen LogP contribution in [0, 0.1) is 0 Å². The van der Waals surface area contributed by atoms with E-state index >= 15 is 0 Å². The summed E-state index contributed by atoms with van der Waals surface area (Å²) in [6.45, 7) is 6.80. The summed E-state index contributed by atoms with van der Waals surface area (Å²) >= 11 is 0. The first-order valence-electron chi connectivity index (χ1n) is 5.69. The van der Waals surface area contributed by atoms with Crippen LogP contribution in [0.4, 0.5) is 5.82 Å². The van der Waals surface area contributed by atoms with Crippen molar-refractivity contribution in [2.45, 2.75) is 33.2 Å². The van der Waals surface area contributed by atoms with Crippen LogP contribution >= 0.6 is 0 Å². The second kappa shape index (κ2) is 6.10. The molecule has 0 aliphatic carbocycles. The van der Waals surface area contributed by atoms with Gasteiger partial charge in [-0.15, -0.1) is 0 Å². The first-order chi connectivity index (χ1) is 7.67. The van der Waals surface area contributed by atoms with Crippen LogP contribution in [0.25, 0.3) is 0 Å². The third-order valence-electron chi connectivity index (χ3n) is 2.33. The molecule has 1 amide bonds. The molecule has 0 spiro atoms. The van der Waals surface area contributed by atoms with E-state index in [1.165, 1.54) is 0 Å². The van der Waals surface area contributed by atoms with Crippen LogP contribution in [0.5, 0.6) is 0 Å². The van der Waals surface area contributed by atoms with Crippen LogP contribution in [-0.4, -0.2) is 23.5 Å².